The Morgan fingerprint density at radius 3 is 2.78 bits per heavy atom. The molecule has 1 aromatic rings. The Morgan fingerprint density at radius 2 is 2.12 bits per heavy atom. The van der Waals surface area contributed by atoms with Gasteiger partial charge >= 0.3 is 0 Å². The van der Waals surface area contributed by atoms with Crippen molar-refractivity contribution in [1.82, 2.24) is 19.7 Å². The van der Waals surface area contributed by atoms with E-state index in [9.17, 15) is 14.7 Å². The van der Waals surface area contributed by atoms with Crippen LogP contribution in [0.2, 0.25) is 0 Å². The molecule has 1 aromatic heterocycles. The number of aliphatic hydroxyl groups excluding tert-OH is 1. The van der Waals surface area contributed by atoms with E-state index in [1.165, 1.54) is 5.57 Å². The number of amides is 1. The molecule has 32 heavy (non-hydrogen) atoms. The number of rotatable bonds is 9. The molecule has 7 nitrogen and oxygen atoms in total. The SMILES string of the molecule is CCCN1[C@@H]2c3ccc(C4=CCCC4)c(=O)n3C[C@@H]2[C@@H](CO)[C@@H]1C(=O)NCCCN(C)C. The number of aliphatic hydroxyl groups is 1. The van der Waals surface area contributed by atoms with Gasteiger partial charge in [0.1, 0.15) is 0 Å². The van der Waals surface area contributed by atoms with Gasteiger partial charge in [-0.3, -0.25) is 14.5 Å². The highest BCUT2D eigenvalue weighted by atomic mass is 16.3. The molecule has 4 atom stereocenters. The van der Waals surface area contributed by atoms with Crippen LogP contribution in [0.4, 0.5) is 0 Å². The zero-order valence-electron chi connectivity index (χ0n) is 19.7. The topological polar surface area (TPSA) is 77.8 Å². The van der Waals surface area contributed by atoms with E-state index in [4.69, 9.17) is 0 Å². The third-order valence-corrected chi connectivity index (χ3v) is 7.41. The van der Waals surface area contributed by atoms with Gasteiger partial charge in [-0.25, -0.2) is 0 Å². The monoisotopic (exact) mass is 442 g/mol. The predicted molar refractivity (Wildman–Crippen MR) is 126 cm³/mol. The number of fused-ring (bicyclic) bond motifs is 3. The summed E-state index contributed by atoms with van der Waals surface area (Å²) in [4.78, 5) is 30.9. The van der Waals surface area contributed by atoms with Gasteiger partial charge in [0, 0.05) is 42.8 Å². The Hall–Kier alpha value is -1.96. The van der Waals surface area contributed by atoms with Crippen molar-refractivity contribution in [3.05, 3.63) is 39.8 Å². The fraction of sp³-hybridized carbons (Fsp3) is 0.680. The van der Waals surface area contributed by atoms with Crippen molar-refractivity contribution in [2.24, 2.45) is 11.8 Å². The summed E-state index contributed by atoms with van der Waals surface area (Å²) in [5.41, 5.74) is 3.07. The predicted octanol–water partition coefficient (Wildman–Crippen LogP) is 1.86. The summed E-state index contributed by atoms with van der Waals surface area (Å²) >= 11 is 0. The maximum Gasteiger partial charge on any atom is 0.258 e. The molecule has 0 saturated carbocycles. The molecule has 1 fully saturated rings. The Kier molecular flexibility index (Phi) is 7.17. The molecule has 4 rings (SSSR count). The molecule has 176 valence electrons. The number of carbonyl (C=O) groups is 1. The fourth-order valence-corrected chi connectivity index (χ4v) is 6.00. The van der Waals surface area contributed by atoms with Crippen LogP contribution in [0.25, 0.3) is 5.57 Å². The van der Waals surface area contributed by atoms with Gasteiger partial charge < -0.3 is 19.9 Å². The number of nitrogens with one attached hydrogen (secondary N) is 1. The summed E-state index contributed by atoms with van der Waals surface area (Å²) in [5.74, 6) is -0.0919. The van der Waals surface area contributed by atoms with Crippen LogP contribution < -0.4 is 10.9 Å². The van der Waals surface area contributed by atoms with Gasteiger partial charge in [-0.05, 0) is 77.0 Å². The molecule has 1 amide bonds. The maximum absolute atomic E-state index is 13.3. The summed E-state index contributed by atoms with van der Waals surface area (Å²) in [7, 11) is 4.05. The van der Waals surface area contributed by atoms with Crippen LogP contribution >= 0.6 is 0 Å². The minimum atomic E-state index is -0.352. The average molecular weight is 443 g/mol. The maximum atomic E-state index is 13.3. The van der Waals surface area contributed by atoms with Crippen LogP contribution in [0.1, 0.15) is 56.3 Å². The number of aromatic nitrogens is 1. The molecule has 1 aliphatic carbocycles. The molecular formula is C25H38N4O3. The van der Waals surface area contributed by atoms with Crippen LogP contribution in [0.15, 0.2) is 23.0 Å². The van der Waals surface area contributed by atoms with E-state index >= 15 is 0 Å². The van der Waals surface area contributed by atoms with E-state index in [-0.39, 0.29) is 42.0 Å². The van der Waals surface area contributed by atoms with Crippen molar-refractivity contribution in [3.8, 4) is 0 Å². The van der Waals surface area contributed by atoms with Gasteiger partial charge in [0.25, 0.3) is 5.56 Å². The lowest BCUT2D eigenvalue weighted by molar-refractivity contribution is -0.127. The lowest BCUT2D eigenvalue weighted by Crippen LogP contribution is -2.49. The Morgan fingerprint density at radius 1 is 1.31 bits per heavy atom. The second-order valence-corrected chi connectivity index (χ2v) is 9.79. The first-order valence-corrected chi connectivity index (χ1v) is 12.2. The zero-order chi connectivity index (χ0) is 22.8. The number of allylic oxidation sites excluding steroid dienone is 2. The number of carbonyl (C=O) groups excluding carboxylic acids is 1. The molecule has 0 radical (unpaired) electrons. The second-order valence-electron chi connectivity index (χ2n) is 9.79. The van der Waals surface area contributed by atoms with Crippen LogP contribution in [0.5, 0.6) is 0 Å². The van der Waals surface area contributed by atoms with Crippen LogP contribution in [0, 0.1) is 11.8 Å². The van der Waals surface area contributed by atoms with Crippen molar-refractivity contribution >= 4 is 11.5 Å². The van der Waals surface area contributed by atoms with E-state index in [2.05, 4.69) is 34.2 Å². The summed E-state index contributed by atoms with van der Waals surface area (Å²) < 4.78 is 1.92. The first kappa shape index (κ1) is 23.2. The first-order valence-electron chi connectivity index (χ1n) is 12.2. The molecule has 0 bridgehead atoms. The average Bonchev–Trinajstić information content (AvgIpc) is 3.47. The van der Waals surface area contributed by atoms with Gasteiger partial charge in [-0.1, -0.05) is 13.0 Å². The first-order chi connectivity index (χ1) is 15.5. The molecule has 2 N–H and O–H groups in total. The molecule has 2 aliphatic heterocycles. The van der Waals surface area contributed by atoms with Gasteiger partial charge in [-0.15, -0.1) is 0 Å². The van der Waals surface area contributed by atoms with Gasteiger partial charge in [0.15, 0.2) is 0 Å². The highest BCUT2D eigenvalue weighted by molar-refractivity contribution is 5.82. The quantitative estimate of drug-likeness (QED) is 0.571. The van der Waals surface area contributed by atoms with Gasteiger partial charge in [0.2, 0.25) is 5.91 Å². The third kappa shape index (κ3) is 4.18. The largest absolute Gasteiger partial charge is 0.396 e. The number of hydrogen-bond acceptors (Lipinski definition) is 5. The standard InChI is InChI=1S/C25H38N4O3/c1-4-13-28-22-19(20(16-30)23(28)24(31)26-12-7-14-27(2)3)15-29-21(22)11-10-18(25(29)32)17-8-5-6-9-17/h8,10-11,19-20,22-23,30H,4-7,9,12-16H2,1-3H3,(H,26,31)/t19-,20-,22+,23-/m1/s1. The molecular weight excluding hydrogens is 404 g/mol. The minimum Gasteiger partial charge on any atom is -0.396 e. The van der Waals surface area contributed by atoms with Crippen molar-refractivity contribution in [3.63, 3.8) is 0 Å². The van der Waals surface area contributed by atoms with Crippen LogP contribution in [-0.2, 0) is 11.3 Å². The van der Waals surface area contributed by atoms with Gasteiger partial charge in [-0.2, -0.15) is 0 Å². The Labute approximate surface area is 191 Å². The minimum absolute atomic E-state index is 0.00364. The number of pyridine rings is 1. The van der Waals surface area contributed by atoms with E-state index in [0.29, 0.717) is 13.1 Å². The summed E-state index contributed by atoms with van der Waals surface area (Å²) in [6.07, 6.45) is 7.14. The Balaban J connectivity index is 1.60. The van der Waals surface area contributed by atoms with E-state index in [0.717, 1.165) is 56.5 Å². The molecule has 3 heterocycles. The molecule has 3 aliphatic rings. The van der Waals surface area contributed by atoms with Crippen molar-refractivity contribution in [2.75, 3.05) is 40.3 Å². The summed E-state index contributed by atoms with van der Waals surface area (Å²) in [6.45, 7) is 4.98. The lowest BCUT2D eigenvalue weighted by atomic mass is 9.88. The van der Waals surface area contributed by atoms with Crippen molar-refractivity contribution in [1.29, 1.82) is 0 Å². The number of hydrogen-bond donors (Lipinski definition) is 2. The second kappa shape index (κ2) is 9.89. The molecule has 1 saturated heterocycles. The molecule has 0 spiro atoms. The van der Waals surface area contributed by atoms with Crippen LogP contribution in [0.3, 0.4) is 0 Å². The van der Waals surface area contributed by atoms with Gasteiger partial charge in [0.05, 0.1) is 12.1 Å². The zero-order valence-corrected chi connectivity index (χ0v) is 19.7. The normalized spacial score (nSPS) is 27.0. The van der Waals surface area contributed by atoms with Crippen molar-refractivity contribution < 1.29 is 9.90 Å². The highest BCUT2D eigenvalue weighted by Crippen LogP contribution is 2.49. The lowest BCUT2D eigenvalue weighted by Gasteiger charge is -2.30. The van der Waals surface area contributed by atoms with E-state index in [1.54, 1.807) is 0 Å². The highest BCUT2D eigenvalue weighted by Gasteiger charge is 2.55. The number of likely N-dealkylation sites (tertiary alicyclic amines) is 1. The summed E-state index contributed by atoms with van der Waals surface area (Å²) in [5, 5.41) is 13.4. The smallest absolute Gasteiger partial charge is 0.258 e. The molecule has 7 heteroatoms. The molecule has 0 aromatic carbocycles. The third-order valence-electron chi connectivity index (χ3n) is 7.41. The Bertz CT molecular complexity index is 922. The number of nitrogens with zero attached hydrogens (tertiary/aromatic N) is 3. The van der Waals surface area contributed by atoms with E-state index in [1.807, 2.05) is 24.7 Å². The molecule has 0 unspecified atom stereocenters. The fourth-order valence-electron chi connectivity index (χ4n) is 6.00. The van der Waals surface area contributed by atoms with Crippen molar-refractivity contribution in [2.45, 2.75) is 57.7 Å². The van der Waals surface area contributed by atoms with Crippen LogP contribution in [-0.4, -0.2) is 71.8 Å². The van der Waals surface area contributed by atoms with E-state index < -0.39 is 0 Å². The summed E-state index contributed by atoms with van der Waals surface area (Å²) in [6, 6.07) is 3.73.